The second kappa shape index (κ2) is 9.28. The Labute approximate surface area is 169 Å². The molecular formula is C23H25NO5. The highest BCUT2D eigenvalue weighted by Crippen LogP contribution is 2.41. The van der Waals surface area contributed by atoms with Gasteiger partial charge in [0.2, 0.25) is 0 Å². The predicted octanol–water partition coefficient (Wildman–Crippen LogP) is 4.05. The molecule has 0 saturated heterocycles. The molecule has 1 N–H and O–H groups in total. The number of H-pyrrole nitrogens is 1. The number of fused-ring (bicyclic) bond motifs is 1. The molecule has 0 saturated carbocycles. The van der Waals surface area contributed by atoms with Crippen molar-refractivity contribution in [3.8, 4) is 5.75 Å². The first kappa shape index (κ1) is 20.5. The van der Waals surface area contributed by atoms with Crippen LogP contribution in [0, 0.1) is 5.92 Å². The first-order valence-corrected chi connectivity index (χ1v) is 9.64. The second-order valence-corrected chi connectivity index (χ2v) is 6.49. The van der Waals surface area contributed by atoms with Gasteiger partial charge < -0.3 is 19.2 Å². The Hall–Kier alpha value is -3.28. The van der Waals surface area contributed by atoms with Gasteiger partial charge in [0.25, 0.3) is 0 Å². The minimum Gasteiger partial charge on any atom is -0.496 e. The summed E-state index contributed by atoms with van der Waals surface area (Å²) in [5, 5.41) is 0.919. The fraction of sp³-hybridized carbons (Fsp3) is 0.304. The molecule has 3 rings (SSSR count). The average molecular weight is 395 g/mol. The van der Waals surface area contributed by atoms with Crippen molar-refractivity contribution in [3.05, 3.63) is 65.9 Å². The highest BCUT2D eigenvalue weighted by molar-refractivity contribution is 5.98. The van der Waals surface area contributed by atoms with E-state index >= 15 is 0 Å². The fourth-order valence-corrected chi connectivity index (χ4v) is 3.63. The van der Waals surface area contributed by atoms with Gasteiger partial charge in [-0.15, -0.1) is 0 Å². The number of para-hydroxylation sites is 2. The zero-order valence-electron chi connectivity index (χ0n) is 16.8. The predicted molar refractivity (Wildman–Crippen MR) is 110 cm³/mol. The third kappa shape index (κ3) is 4.11. The molecule has 29 heavy (non-hydrogen) atoms. The van der Waals surface area contributed by atoms with Crippen LogP contribution in [0.3, 0.4) is 0 Å². The van der Waals surface area contributed by atoms with E-state index < -0.39 is 23.8 Å². The van der Waals surface area contributed by atoms with E-state index in [4.69, 9.17) is 14.2 Å². The van der Waals surface area contributed by atoms with Gasteiger partial charge in [-0.25, -0.2) is 0 Å². The van der Waals surface area contributed by atoms with E-state index in [0.29, 0.717) is 11.3 Å². The SMILES string of the molecule is CCOC(=O)C(C(=O)OCC)[C@@H](c1ccccc1OC)c1c[nH]c2ccccc12. The van der Waals surface area contributed by atoms with Gasteiger partial charge >= 0.3 is 11.9 Å². The molecule has 0 aliphatic carbocycles. The number of aromatic nitrogens is 1. The van der Waals surface area contributed by atoms with Gasteiger partial charge in [-0.05, 0) is 31.5 Å². The number of carbonyl (C=O) groups excluding carboxylic acids is 2. The van der Waals surface area contributed by atoms with Crippen LogP contribution in [0.5, 0.6) is 5.75 Å². The first-order chi connectivity index (χ1) is 14.1. The Morgan fingerprint density at radius 1 is 0.897 bits per heavy atom. The van der Waals surface area contributed by atoms with Crippen LogP contribution in [0.2, 0.25) is 0 Å². The molecular weight excluding hydrogens is 370 g/mol. The molecule has 1 atom stereocenters. The van der Waals surface area contributed by atoms with Gasteiger partial charge in [0, 0.05) is 28.6 Å². The van der Waals surface area contributed by atoms with Crippen LogP contribution in [-0.4, -0.2) is 37.2 Å². The van der Waals surface area contributed by atoms with E-state index in [-0.39, 0.29) is 13.2 Å². The lowest BCUT2D eigenvalue weighted by molar-refractivity contribution is -0.162. The van der Waals surface area contributed by atoms with Crippen molar-refractivity contribution < 1.29 is 23.8 Å². The molecule has 0 amide bonds. The van der Waals surface area contributed by atoms with Crippen LogP contribution in [0.25, 0.3) is 10.9 Å². The van der Waals surface area contributed by atoms with Crippen LogP contribution in [0.4, 0.5) is 0 Å². The molecule has 0 unspecified atom stereocenters. The van der Waals surface area contributed by atoms with Crippen molar-refractivity contribution in [2.45, 2.75) is 19.8 Å². The summed E-state index contributed by atoms with van der Waals surface area (Å²) in [7, 11) is 1.56. The average Bonchev–Trinajstić information content (AvgIpc) is 3.16. The lowest BCUT2D eigenvalue weighted by atomic mass is 9.80. The highest BCUT2D eigenvalue weighted by atomic mass is 16.6. The largest absolute Gasteiger partial charge is 0.496 e. The number of nitrogens with one attached hydrogen (secondary N) is 1. The van der Waals surface area contributed by atoms with Crippen LogP contribution in [0.1, 0.15) is 30.9 Å². The van der Waals surface area contributed by atoms with E-state index in [1.807, 2.05) is 54.7 Å². The number of methoxy groups -OCH3 is 1. The molecule has 0 aliphatic rings. The molecule has 1 heterocycles. The fourth-order valence-electron chi connectivity index (χ4n) is 3.63. The minimum absolute atomic E-state index is 0.168. The summed E-state index contributed by atoms with van der Waals surface area (Å²) in [6.45, 7) is 3.76. The molecule has 6 heteroatoms. The summed E-state index contributed by atoms with van der Waals surface area (Å²) >= 11 is 0. The van der Waals surface area contributed by atoms with Gasteiger partial charge in [-0.3, -0.25) is 9.59 Å². The van der Waals surface area contributed by atoms with Gasteiger partial charge in [-0.1, -0.05) is 36.4 Å². The Morgan fingerprint density at radius 2 is 1.52 bits per heavy atom. The Morgan fingerprint density at radius 3 is 2.17 bits per heavy atom. The van der Waals surface area contributed by atoms with Crippen molar-refractivity contribution in [3.63, 3.8) is 0 Å². The number of benzene rings is 2. The molecule has 152 valence electrons. The molecule has 6 nitrogen and oxygen atoms in total. The zero-order chi connectivity index (χ0) is 20.8. The number of ether oxygens (including phenoxy) is 3. The Bertz CT molecular complexity index is 976. The molecule has 0 radical (unpaired) electrons. The van der Waals surface area contributed by atoms with Gasteiger partial charge in [0.1, 0.15) is 5.75 Å². The van der Waals surface area contributed by atoms with E-state index in [1.54, 1.807) is 21.0 Å². The standard InChI is InChI=1S/C23H25NO5/c1-4-28-22(25)21(23(26)29-5-2)20(16-11-7-9-13-19(16)27-3)17-14-24-18-12-8-6-10-15(17)18/h6-14,20-21,24H,4-5H2,1-3H3/t20-/m0/s1. The third-order valence-electron chi connectivity index (χ3n) is 4.84. The Balaban J connectivity index is 2.25. The second-order valence-electron chi connectivity index (χ2n) is 6.49. The maximum Gasteiger partial charge on any atom is 0.321 e. The lowest BCUT2D eigenvalue weighted by Crippen LogP contribution is -2.34. The number of hydrogen-bond donors (Lipinski definition) is 1. The van der Waals surface area contributed by atoms with Crippen LogP contribution in [0.15, 0.2) is 54.7 Å². The van der Waals surface area contributed by atoms with Crippen molar-refractivity contribution in [1.29, 1.82) is 0 Å². The van der Waals surface area contributed by atoms with Crippen molar-refractivity contribution >= 4 is 22.8 Å². The quantitative estimate of drug-likeness (QED) is 0.460. The summed E-state index contributed by atoms with van der Waals surface area (Å²) in [6, 6.07) is 15.1. The normalized spacial score (nSPS) is 12.0. The molecule has 0 spiro atoms. The number of rotatable bonds is 8. The monoisotopic (exact) mass is 395 g/mol. The van der Waals surface area contributed by atoms with Crippen LogP contribution < -0.4 is 4.74 Å². The van der Waals surface area contributed by atoms with Crippen molar-refractivity contribution in [2.24, 2.45) is 5.92 Å². The van der Waals surface area contributed by atoms with Crippen LogP contribution in [-0.2, 0) is 19.1 Å². The number of aromatic amines is 1. The number of esters is 2. The maximum atomic E-state index is 12.9. The summed E-state index contributed by atoms with van der Waals surface area (Å²) < 4.78 is 16.1. The molecule has 2 aromatic carbocycles. The molecule has 0 bridgehead atoms. The summed E-state index contributed by atoms with van der Waals surface area (Å²) in [5.74, 6) is -2.45. The maximum absolute atomic E-state index is 12.9. The lowest BCUT2D eigenvalue weighted by Gasteiger charge is -2.26. The highest BCUT2D eigenvalue weighted by Gasteiger charge is 2.41. The summed E-state index contributed by atoms with van der Waals surface area (Å²) in [5.41, 5.74) is 2.43. The van der Waals surface area contributed by atoms with E-state index in [9.17, 15) is 9.59 Å². The van der Waals surface area contributed by atoms with Gasteiger partial charge in [0.05, 0.1) is 20.3 Å². The van der Waals surface area contributed by atoms with E-state index in [0.717, 1.165) is 16.5 Å². The third-order valence-corrected chi connectivity index (χ3v) is 4.84. The summed E-state index contributed by atoms with van der Waals surface area (Å²) in [4.78, 5) is 29.1. The minimum atomic E-state index is -1.16. The van der Waals surface area contributed by atoms with Gasteiger partial charge in [0.15, 0.2) is 5.92 Å². The van der Waals surface area contributed by atoms with Crippen molar-refractivity contribution in [1.82, 2.24) is 4.98 Å². The molecule has 0 fully saturated rings. The molecule has 0 aliphatic heterocycles. The van der Waals surface area contributed by atoms with Crippen LogP contribution >= 0.6 is 0 Å². The topological polar surface area (TPSA) is 77.6 Å². The number of carbonyl (C=O) groups is 2. The van der Waals surface area contributed by atoms with Crippen molar-refractivity contribution in [2.75, 3.05) is 20.3 Å². The smallest absolute Gasteiger partial charge is 0.321 e. The molecule has 3 aromatic rings. The van der Waals surface area contributed by atoms with E-state index in [1.165, 1.54) is 0 Å². The summed E-state index contributed by atoms with van der Waals surface area (Å²) in [6.07, 6.45) is 1.83. The zero-order valence-corrected chi connectivity index (χ0v) is 16.8. The number of hydrogen-bond acceptors (Lipinski definition) is 5. The first-order valence-electron chi connectivity index (χ1n) is 9.64. The molecule has 1 aromatic heterocycles. The Kier molecular flexibility index (Phi) is 6.54. The van der Waals surface area contributed by atoms with Gasteiger partial charge in [-0.2, -0.15) is 0 Å². The van der Waals surface area contributed by atoms with E-state index in [2.05, 4.69) is 4.98 Å².